The standard InChI is InChI=1S/C25H24N4O3/c1-26-24(30)20-15-19(32-2)13-14-21(20)27-25(31)22-16-23(17-9-5-3-6-10-17)29(28-22)18-11-7-4-8-12-18/h3-15,23H,16H2,1-2H3,(H,26,30)(H,27,31). The molecule has 0 aliphatic carbocycles. The second kappa shape index (κ2) is 9.34. The van der Waals surface area contributed by atoms with Gasteiger partial charge in [0.15, 0.2) is 0 Å². The summed E-state index contributed by atoms with van der Waals surface area (Å²) in [6.45, 7) is 0. The lowest BCUT2D eigenvalue weighted by atomic mass is 10.0. The van der Waals surface area contributed by atoms with Crippen LogP contribution in [-0.2, 0) is 4.79 Å². The fourth-order valence-corrected chi connectivity index (χ4v) is 3.68. The Morgan fingerprint density at radius 2 is 1.66 bits per heavy atom. The Morgan fingerprint density at radius 1 is 0.969 bits per heavy atom. The van der Waals surface area contributed by atoms with Crippen LogP contribution in [0.25, 0.3) is 0 Å². The highest BCUT2D eigenvalue weighted by atomic mass is 16.5. The topological polar surface area (TPSA) is 83.0 Å². The number of hydrazone groups is 1. The molecule has 0 radical (unpaired) electrons. The van der Waals surface area contributed by atoms with Gasteiger partial charge in [-0.1, -0.05) is 48.5 Å². The molecule has 2 amide bonds. The molecule has 162 valence electrons. The zero-order valence-electron chi connectivity index (χ0n) is 17.9. The molecule has 0 aromatic heterocycles. The van der Waals surface area contributed by atoms with Gasteiger partial charge < -0.3 is 15.4 Å². The number of ether oxygens (including phenoxy) is 1. The summed E-state index contributed by atoms with van der Waals surface area (Å²) in [5.41, 5.74) is 3.07. The number of hydrogen-bond acceptors (Lipinski definition) is 5. The van der Waals surface area contributed by atoms with Crippen LogP contribution in [0, 0.1) is 0 Å². The van der Waals surface area contributed by atoms with E-state index in [2.05, 4.69) is 15.7 Å². The van der Waals surface area contributed by atoms with Crippen LogP contribution >= 0.6 is 0 Å². The smallest absolute Gasteiger partial charge is 0.271 e. The summed E-state index contributed by atoms with van der Waals surface area (Å²) in [6, 6.07) is 24.6. The van der Waals surface area contributed by atoms with Gasteiger partial charge in [-0.3, -0.25) is 14.6 Å². The fraction of sp³-hybridized carbons (Fsp3) is 0.160. The first-order chi connectivity index (χ1) is 15.6. The van der Waals surface area contributed by atoms with Gasteiger partial charge in [-0.2, -0.15) is 5.10 Å². The van der Waals surface area contributed by atoms with Gasteiger partial charge in [0.1, 0.15) is 11.5 Å². The van der Waals surface area contributed by atoms with Crippen molar-refractivity contribution in [2.45, 2.75) is 12.5 Å². The molecular formula is C25H24N4O3. The molecule has 1 atom stereocenters. The van der Waals surface area contributed by atoms with Gasteiger partial charge in [0, 0.05) is 13.5 Å². The minimum atomic E-state index is -0.348. The quantitative estimate of drug-likeness (QED) is 0.622. The third kappa shape index (κ3) is 4.32. The van der Waals surface area contributed by atoms with Crippen molar-refractivity contribution in [3.05, 3.63) is 90.0 Å². The molecule has 1 aliphatic heterocycles. The normalized spacial score (nSPS) is 15.1. The Labute approximate surface area is 186 Å². The van der Waals surface area contributed by atoms with Crippen molar-refractivity contribution in [3.8, 4) is 5.75 Å². The fourth-order valence-electron chi connectivity index (χ4n) is 3.68. The van der Waals surface area contributed by atoms with Crippen LogP contribution in [0.4, 0.5) is 11.4 Å². The molecule has 0 fully saturated rings. The van der Waals surface area contributed by atoms with Crippen LogP contribution in [0.5, 0.6) is 5.75 Å². The van der Waals surface area contributed by atoms with Gasteiger partial charge in [0.25, 0.3) is 11.8 Å². The van der Waals surface area contributed by atoms with Gasteiger partial charge in [0.2, 0.25) is 0 Å². The summed E-state index contributed by atoms with van der Waals surface area (Å²) in [6.07, 6.45) is 0.441. The van der Waals surface area contributed by atoms with Crippen molar-refractivity contribution >= 4 is 28.9 Å². The number of rotatable bonds is 6. The van der Waals surface area contributed by atoms with Crippen molar-refractivity contribution in [2.24, 2.45) is 5.10 Å². The van der Waals surface area contributed by atoms with E-state index in [0.29, 0.717) is 29.1 Å². The molecule has 32 heavy (non-hydrogen) atoms. The van der Waals surface area contributed by atoms with E-state index in [1.165, 1.54) is 14.2 Å². The second-order valence-corrected chi connectivity index (χ2v) is 7.30. The molecule has 7 nitrogen and oxygen atoms in total. The third-order valence-corrected chi connectivity index (χ3v) is 5.32. The van der Waals surface area contributed by atoms with Crippen molar-refractivity contribution in [1.29, 1.82) is 0 Å². The highest BCUT2D eigenvalue weighted by molar-refractivity contribution is 6.44. The minimum absolute atomic E-state index is 0.103. The molecule has 1 heterocycles. The van der Waals surface area contributed by atoms with Crippen molar-refractivity contribution in [1.82, 2.24) is 5.32 Å². The van der Waals surface area contributed by atoms with Crippen LogP contribution < -0.4 is 20.4 Å². The van der Waals surface area contributed by atoms with Gasteiger partial charge in [-0.25, -0.2) is 0 Å². The van der Waals surface area contributed by atoms with Gasteiger partial charge in [-0.05, 0) is 35.9 Å². The van der Waals surface area contributed by atoms with Crippen LogP contribution in [0.3, 0.4) is 0 Å². The summed E-state index contributed by atoms with van der Waals surface area (Å²) < 4.78 is 5.21. The van der Waals surface area contributed by atoms with Crippen molar-refractivity contribution in [3.63, 3.8) is 0 Å². The first kappa shape index (κ1) is 21.1. The van der Waals surface area contributed by atoms with E-state index < -0.39 is 0 Å². The lowest BCUT2D eigenvalue weighted by Crippen LogP contribution is -2.25. The van der Waals surface area contributed by atoms with Crippen molar-refractivity contribution in [2.75, 3.05) is 24.5 Å². The Bertz CT molecular complexity index is 1150. The van der Waals surface area contributed by atoms with E-state index in [-0.39, 0.29) is 17.9 Å². The van der Waals surface area contributed by atoms with E-state index in [1.807, 2.05) is 65.7 Å². The van der Waals surface area contributed by atoms with Gasteiger partial charge >= 0.3 is 0 Å². The molecule has 3 aromatic rings. The monoisotopic (exact) mass is 428 g/mol. The number of hydrogen-bond donors (Lipinski definition) is 2. The number of methoxy groups -OCH3 is 1. The average molecular weight is 428 g/mol. The van der Waals surface area contributed by atoms with Gasteiger partial charge in [0.05, 0.1) is 30.1 Å². The maximum Gasteiger partial charge on any atom is 0.271 e. The molecule has 0 saturated carbocycles. The Morgan fingerprint density at radius 3 is 2.31 bits per heavy atom. The lowest BCUT2D eigenvalue weighted by Gasteiger charge is -2.23. The predicted octanol–water partition coefficient (Wildman–Crippen LogP) is 4.00. The summed E-state index contributed by atoms with van der Waals surface area (Å²) in [7, 11) is 3.06. The molecule has 2 N–H and O–H groups in total. The van der Waals surface area contributed by atoms with Crippen molar-refractivity contribution < 1.29 is 14.3 Å². The zero-order valence-corrected chi connectivity index (χ0v) is 17.9. The van der Waals surface area contributed by atoms with E-state index >= 15 is 0 Å². The first-order valence-corrected chi connectivity index (χ1v) is 10.3. The summed E-state index contributed by atoms with van der Waals surface area (Å²) >= 11 is 0. The summed E-state index contributed by atoms with van der Waals surface area (Å²) in [5.74, 6) is -0.139. The molecule has 0 spiro atoms. The van der Waals surface area contributed by atoms with Crippen LogP contribution in [0.2, 0.25) is 0 Å². The number of anilines is 2. The number of nitrogens with zero attached hydrogens (tertiary/aromatic N) is 2. The number of benzene rings is 3. The van der Waals surface area contributed by atoms with E-state index in [9.17, 15) is 9.59 Å². The molecule has 1 unspecified atom stereocenters. The molecule has 3 aromatic carbocycles. The maximum absolute atomic E-state index is 13.2. The Kier molecular flexibility index (Phi) is 6.17. The first-order valence-electron chi connectivity index (χ1n) is 10.3. The summed E-state index contributed by atoms with van der Waals surface area (Å²) in [5, 5.41) is 12.0. The lowest BCUT2D eigenvalue weighted by molar-refractivity contribution is -0.110. The van der Waals surface area contributed by atoms with Crippen LogP contribution in [-0.4, -0.2) is 31.7 Å². The Balaban J connectivity index is 1.63. The highest BCUT2D eigenvalue weighted by Crippen LogP contribution is 2.35. The molecule has 4 rings (SSSR count). The highest BCUT2D eigenvalue weighted by Gasteiger charge is 2.32. The van der Waals surface area contributed by atoms with E-state index in [1.54, 1.807) is 18.2 Å². The number of carbonyl (C=O) groups is 2. The minimum Gasteiger partial charge on any atom is -0.497 e. The number of amides is 2. The molecular weight excluding hydrogens is 404 g/mol. The predicted molar refractivity (Wildman–Crippen MR) is 125 cm³/mol. The average Bonchev–Trinajstić information content (AvgIpc) is 3.30. The summed E-state index contributed by atoms with van der Waals surface area (Å²) in [4.78, 5) is 25.5. The third-order valence-electron chi connectivity index (χ3n) is 5.32. The number of nitrogens with one attached hydrogen (secondary N) is 2. The molecule has 0 saturated heterocycles. The van der Waals surface area contributed by atoms with Crippen LogP contribution in [0.1, 0.15) is 28.4 Å². The zero-order chi connectivity index (χ0) is 22.5. The SMILES string of the molecule is CNC(=O)c1cc(OC)ccc1NC(=O)C1=NN(c2ccccc2)C(c2ccccc2)C1. The number of para-hydroxylation sites is 1. The second-order valence-electron chi connectivity index (χ2n) is 7.30. The number of carbonyl (C=O) groups excluding carboxylic acids is 2. The molecule has 7 heteroatoms. The van der Waals surface area contributed by atoms with E-state index in [4.69, 9.17) is 4.74 Å². The Hall–Kier alpha value is -4.13. The molecule has 1 aliphatic rings. The maximum atomic E-state index is 13.2. The van der Waals surface area contributed by atoms with E-state index in [0.717, 1.165) is 11.3 Å². The van der Waals surface area contributed by atoms with Gasteiger partial charge in [-0.15, -0.1) is 0 Å². The van der Waals surface area contributed by atoms with Crippen LogP contribution in [0.15, 0.2) is 84.0 Å². The molecule has 0 bridgehead atoms. The largest absolute Gasteiger partial charge is 0.497 e.